The Hall–Kier alpha value is -2.73. The summed E-state index contributed by atoms with van der Waals surface area (Å²) in [5.74, 6) is 0.373. The van der Waals surface area contributed by atoms with Gasteiger partial charge in [-0.2, -0.15) is 0 Å². The van der Waals surface area contributed by atoms with Crippen molar-refractivity contribution in [1.29, 1.82) is 0 Å². The summed E-state index contributed by atoms with van der Waals surface area (Å²) in [7, 11) is 0. The van der Waals surface area contributed by atoms with Crippen LogP contribution in [-0.2, 0) is 0 Å². The number of rotatable bonds is 5. The van der Waals surface area contributed by atoms with Gasteiger partial charge in [0.15, 0.2) is 0 Å². The van der Waals surface area contributed by atoms with Gasteiger partial charge in [-0.1, -0.05) is 12.1 Å². The molecule has 6 heteroatoms. The van der Waals surface area contributed by atoms with Crippen LogP contribution in [0.4, 0.5) is 0 Å². The van der Waals surface area contributed by atoms with Crippen LogP contribution in [0.5, 0.6) is 11.8 Å². The zero-order valence-electron chi connectivity index (χ0n) is 12.5. The van der Waals surface area contributed by atoms with Crippen LogP contribution in [0.3, 0.4) is 0 Å². The normalized spacial score (nSPS) is 11.7. The van der Waals surface area contributed by atoms with E-state index in [2.05, 4.69) is 15.3 Å². The zero-order chi connectivity index (χ0) is 16.1. The molecule has 0 spiro atoms. The van der Waals surface area contributed by atoms with E-state index >= 15 is 0 Å². The van der Waals surface area contributed by atoms with Crippen LogP contribution >= 0.6 is 11.3 Å². The lowest BCUT2D eigenvalue weighted by atomic mass is 10.2. The van der Waals surface area contributed by atoms with E-state index in [0.717, 1.165) is 4.88 Å². The van der Waals surface area contributed by atoms with Crippen molar-refractivity contribution in [2.75, 3.05) is 0 Å². The molecule has 0 aliphatic heterocycles. The van der Waals surface area contributed by atoms with Crippen LogP contribution in [0, 0.1) is 0 Å². The van der Waals surface area contributed by atoms with E-state index in [4.69, 9.17) is 4.74 Å². The number of nitrogens with zero attached hydrogens (tertiary/aromatic N) is 2. The number of ether oxygens (including phenoxy) is 1. The first-order valence-electron chi connectivity index (χ1n) is 7.11. The number of hydrogen-bond donors (Lipinski definition) is 1. The van der Waals surface area contributed by atoms with Gasteiger partial charge in [0.05, 0.1) is 6.04 Å². The van der Waals surface area contributed by atoms with Crippen LogP contribution in [0.15, 0.2) is 60.2 Å². The van der Waals surface area contributed by atoms with Gasteiger partial charge < -0.3 is 10.1 Å². The molecule has 5 nitrogen and oxygen atoms in total. The molecule has 3 aromatic rings. The summed E-state index contributed by atoms with van der Waals surface area (Å²) in [6, 6.07) is 12.8. The molecule has 1 unspecified atom stereocenters. The molecule has 116 valence electrons. The van der Waals surface area contributed by atoms with Crippen LogP contribution in [0.25, 0.3) is 0 Å². The number of nitrogens with one attached hydrogen (secondary N) is 1. The van der Waals surface area contributed by atoms with E-state index in [1.54, 1.807) is 54.1 Å². The van der Waals surface area contributed by atoms with Gasteiger partial charge in [0.1, 0.15) is 5.75 Å². The van der Waals surface area contributed by atoms with E-state index in [1.807, 2.05) is 24.4 Å². The minimum absolute atomic E-state index is 0.0375. The Bertz CT molecular complexity index is 776. The molecular weight excluding hydrogens is 310 g/mol. The fraction of sp³-hybridized carbons (Fsp3) is 0.118. The first-order valence-corrected chi connectivity index (χ1v) is 7.99. The lowest BCUT2D eigenvalue weighted by Gasteiger charge is -2.12. The predicted molar refractivity (Wildman–Crippen MR) is 88.7 cm³/mol. The summed E-state index contributed by atoms with van der Waals surface area (Å²) in [6.45, 7) is 1.96. The SMILES string of the molecule is CC(NC(=O)c1cccc(Oc2ncccn2)c1)c1cccs1. The maximum atomic E-state index is 12.4. The quantitative estimate of drug-likeness (QED) is 0.774. The molecule has 2 aromatic heterocycles. The number of benzene rings is 1. The Morgan fingerprint density at radius 3 is 2.74 bits per heavy atom. The zero-order valence-corrected chi connectivity index (χ0v) is 13.3. The van der Waals surface area contributed by atoms with Crippen molar-refractivity contribution in [2.45, 2.75) is 13.0 Å². The standard InChI is InChI=1S/C17H15N3O2S/c1-12(15-7-3-10-23-15)20-16(21)13-5-2-6-14(11-13)22-17-18-8-4-9-19-17/h2-12H,1H3,(H,20,21). The van der Waals surface area contributed by atoms with E-state index in [9.17, 15) is 4.79 Å². The fourth-order valence-corrected chi connectivity index (χ4v) is 2.77. The van der Waals surface area contributed by atoms with Crippen molar-refractivity contribution in [3.8, 4) is 11.8 Å². The van der Waals surface area contributed by atoms with Crippen LogP contribution in [-0.4, -0.2) is 15.9 Å². The third-order valence-corrected chi connectivity index (χ3v) is 4.22. The molecule has 0 fully saturated rings. The van der Waals surface area contributed by atoms with Gasteiger partial charge in [-0.3, -0.25) is 4.79 Å². The average molecular weight is 325 g/mol. The lowest BCUT2D eigenvalue weighted by Crippen LogP contribution is -2.26. The Balaban J connectivity index is 1.70. The van der Waals surface area contributed by atoms with Gasteiger partial charge in [0.2, 0.25) is 0 Å². The van der Waals surface area contributed by atoms with Crippen LogP contribution in [0.2, 0.25) is 0 Å². The van der Waals surface area contributed by atoms with Crippen molar-refractivity contribution in [3.63, 3.8) is 0 Å². The number of carbonyl (C=O) groups is 1. The fourth-order valence-electron chi connectivity index (χ4n) is 2.03. The molecule has 23 heavy (non-hydrogen) atoms. The van der Waals surface area contributed by atoms with Crippen molar-refractivity contribution in [2.24, 2.45) is 0 Å². The monoisotopic (exact) mass is 325 g/mol. The van der Waals surface area contributed by atoms with Crippen LogP contribution < -0.4 is 10.1 Å². The van der Waals surface area contributed by atoms with Gasteiger partial charge in [-0.15, -0.1) is 11.3 Å². The topological polar surface area (TPSA) is 64.1 Å². The second kappa shape index (κ2) is 7.02. The minimum atomic E-state index is -0.148. The summed E-state index contributed by atoms with van der Waals surface area (Å²) in [4.78, 5) is 21.5. The average Bonchev–Trinajstić information content (AvgIpc) is 3.10. The molecule has 0 bridgehead atoms. The molecule has 0 radical (unpaired) electrons. The number of hydrogen-bond acceptors (Lipinski definition) is 5. The van der Waals surface area contributed by atoms with Crippen molar-refractivity contribution >= 4 is 17.2 Å². The largest absolute Gasteiger partial charge is 0.424 e. The minimum Gasteiger partial charge on any atom is -0.424 e. The summed E-state index contributed by atoms with van der Waals surface area (Å²) in [5.41, 5.74) is 0.529. The van der Waals surface area contributed by atoms with Crippen molar-refractivity contribution in [3.05, 3.63) is 70.7 Å². The maximum Gasteiger partial charge on any atom is 0.321 e. The molecule has 1 aromatic carbocycles. The Morgan fingerprint density at radius 2 is 2.00 bits per heavy atom. The van der Waals surface area contributed by atoms with Crippen molar-refractivity contribution in [1.82, 2.24) is 15.3 Å². The summed E-state index contributed by atoms with van der Waals surface area (Å²) < 4.78 is 5.55. The van der Waals surface area contributed by atoms with E-state index in [1.165, 1.54) is 0 Å². The van der Waals surface area contributed by atoms with E-state index in [-0.39, 0.29) is 18.0 Å². The summed E-state index contributed by atoms with van der Waals surface area (Å²) in [6.07, 6.45) is 3.20. The van der Waals surface area contributed by atoms with Crippen molar-refractivity contribution < 1.29 is 9.53 Å². The molecule has 3 rings (SSSR count). The van der Waals surface area contributed by atoms with Crippen LogP contribution in [0.1, 0.15) is 28.2 Å². The molecule has 0 saturated carbocycles. The Morgan fingerprint density at radius 1 is 1.17 bits per heavy atom. The Labute approximate surface area is 138 Å². The number of thiophene rings is 1. The van der Waals surface area contributed by atoms with Gasteiger partial charge in [-0.25, -0.2) is 9.97 Å². The molecule has 1 amide bonds. The third kappa shape index (κ3) is 3.92. The molecule has 1 atom stereocenters. The summed E-state index contributed by atoms with van der Waals surface area (Å²) >= 11 is 1.62. The second-order valence-corrected chi connectivity index (χ2v) is 5.85. The Kier molecular flexibility index (Phi) is 4.63. The van der Waals surface area contributed by atoms with E-state index in [0.29, 0.717) is 11.3 Å². The molecule has 0 aliphatic carbocycles. The highest BCUT2D eigenvalue weighted by atomic mass is 32.1. The number of carbonyl (C=O) groups excluding carboxylic acids is 1. The molecule has 0 aliphatic rings. The van der Waals surface area contributed by atoms with Gasteiger partial charge in [-0.05, 0) is 42.6 Å². The first kappa shape index (κ1) is 15.2. The third-order valence-electron chi connectivity index (χ3n) is 3.17. The highest BCUT2D eigenvalue weighted by Crippen LogP contribution is 2.21. The second-order valence-electron chi connectivity index (χ2n) is 4.87. The lowest BCUT2D eigenvalue weighted by molar-refractivity contribution is 0.0940. The first-order chi connectivity index (χ1) is 11.2. The molecule has 0 saturated heterocycles. The van der Waals surface area contributed by atoms with Gasteiger partial charge >= 0.3 is 6.01 Å². The molecular formula is C17H15N3O2S. The van der Waals surface area contributed by atoms with E-state index < -0.39 is 0 Å². The smallest absolute Gasteiger partial charge is 0.321 e. The van der Waals surface area contributed by atoms with Gasteiger partial charge in [0, 0.05) is 22.8 Å². The predicted octanol–water partition coefficient (Wildman–Crippen LogP) is 3.82. The van der Waals surface area contributed by atoms with Gasteiger partial charge in [0.25, 0.3) is 5.91 Å². The molecule has 2 heterocycles. The highest BCUT2D eigenvalue weighted by Gasteiger charge is 2.13. The maximum absolute atomic E-state index is 12.4. The molecule has 1 N–H and O–H groups in total. The number of aromatic nitrogens is 2. The number of amides is 1. The summed E-state index contributed by atoms with van der Waals surface area (Å²) in [5, 5.41) is 4.97. The highest BCUT2D eigenvalue weighted by molar-refractivity contribution is 7.10.